The summed E-state index contributed by atoms with van der Waals surface area (Å²) in [7, 11) is 0. The van der Waals surface area contributed by atoms with E-state index in [4.69, 9.17) is 26.2 Å². The molecule has 188 valence electrons. The number of aliphatic hydroxyl groups excluding tert-OH is 1. The fourth-order valence-corrected chi connectivity index (χ4v) is 3.74. The van der Waals surface area contributed by atoms with Crippen LogP contribution in [0.3, 0.4) is 0 Å². The number of carboxylic acid groups (broad SMARTS) is 1. The van der Waals surface area contributed by atoms with Gasteiger partial charge in [0.1, 0.15) is 5.97 Å². The largest absolute Gasteiger partial charge is 0.542 e. The lowest BCUT2D eigenvalue weighted by Crippen LogP contribution is -2.55. The van der Waals surface area contributed by atoms with Crippen molar-refractivity contribution in [3.8, 4) is 11.3 Å². The van der Waals surface area contributed by atoms with E-state index in [-0.39, 0.29) is 17.9 Å². The Labute approximate surface area is 201 Å². The van der Waals surface area contributed by atoms with Crippen LogP contribution in [-0.2, 0) is 9.53 Å². The third kappa shape index (κ3) is 6.08. The zero-order valence-electron chi connectivity index (χ0n) is 18.0. The number of hydrogen-bond donors (Lipinski definition) is 3. The van der Waals surface area contributed by atoms with E-state index < -0.39 is 29.4 Å². The lowest BCUT2D eigenvalue weighted by Gasteiger charge is -2.35. The molecule has 1 fully saturated rings. The highest BCUT2D eigenvalue weighted by Gasteiger charge is 2.37. The first-order valence-corrected chi connectivity index (χ1v) is 10.6. The molecule has 1 aliphatic rings. The molecule has 0 radical (unpaired) electrons. The number of aromatic amines is 1. The second-order valence-corrected chi connectivity index (χ2v) is 8.16. The summed E-state index contributed by atoms with van der Waals surface area (Å²) in [4.78, 5) is 24.9. The maximum absolute atomic E-state index is 14.6. The van der Waals surface area contributed by atoms with Crippen LogP contribution in [0, 0.1) is 5.82 Å². The Kier molecular flexibility index (Phi) is 7.98. The summed E-state index contributed by atoms with van der Waals surface area (Å²) in [6, 6.07) is 9.86. The monoisotopic (exact) mass is 517 g/mol. The van der Waals surface area contributed by atoms with Gasteiger partial charge >= 0.3 is 17.9 Å². The number of aromatic nitrogens is 2. The third-order valence-electron chi connectivity index (χ3n) is 5.36. The van der Waals surface area contributed by atoms with Gasteiger partial charge in [0.15, 0.2) is 11.5 Å². The van der Waals surface area contributed by atoms with Gasteiger partial charge in [-0.2, -0.15) is 17.6 Å². The normalized spacial score (nSPS) is 15.3. The molecule has 1 amide bonds. The van der Waals surface area contributed by atoms with Crippen LogP contribution in [0.25, 0.3) is 16.8 Å². The molecule has 4 rings (SSSR count). The van der Waals surface area contributed by atoms with E-state index in [1.165, 1.54) is 16.5 Å². The SMILES string of the molecule is O=C(NC1(CO)CCOCC1)c1[nH]c(-c2cccc(Cl)c2)c2c(F)ccc[n+]12.O=C([O-])C(F)(F)F. The second-order valence-electron chi connectivity index (χ2n) is 7.72. The first-order chi connectivity index (χ1) is 16.5. The number of hydrogen-bond acceptors (Lipinski definition) is 5. The van der Waals surface area contributed by atoms with Gasteiger partial charge in [-0.15, -0.1) is 0 Å². The summed E-state index contributed by atoms with van der Waals surface area (Å²) in [6.07, 6.45) is -2.56. The van der Waals surface area contributed by atoms with E-state index >= 15 is 0 Å². The number of ether oxygens (including phenoxy) is 1. The number of pyridine rings is 1. The van der Waals surface area contributed by atoms with Gasteiger partial charge in [-0.25, -0.2) is 9.37 Å². The summed E-state index contributed by atoms with van der Waals surface area (Å²) in [5.74, 6) is -3.73. The van der Waals surface area contributed by atoms with Crippen LogP contribution >= 0.6 is 11.6 Å². The zero-order chi connectivity index (χ0) is 25.8. The van der Waals surface area contributed by atoms with Crippen molar-refractivity contribution in [1.29, 1.82) is 0 Å². The molecule has 0 bridgehead atoms. The average molecular weight is 518 g/mol. The molecule has 8 nitrogen and oxygen atoms in total. The number of amides is 1. The van der Waals surface area contributed by atoms with Gasteiger partial charge in [-0.3, -0.25) is 4.79 Å². The van der Waals surface area contributed by atoms with Crippen molar-refractivity contribution in [2.75, 3.05) is 19.8 Å². The molecule has 0 unspecified atom stereocenters. The molecular weight excluding hydrogens is 498 g/mol. The summed E-state index contributed by atoms with van der Waals surface area (Å²) in [5.41, 5.74) is 0.615. The van der Waals surface area contributed by atoms with Crippen LogP contribution in [0.2, 0.25) is 5.02 Å². The van der Waals surface area contributed by atoms with Crippen LogP contribution in [0.1, 0.15) is 23.5 Å². The van der Waals surface area contributed by atoms with Crippen LogP contribution in [0.4, 0.5) is 17.6 Å². The summed E-state index contributed by atoms with van der Waals surface area (Å²) >= 11 is 6.09. The Bertz CT molecular complexity index is 1230. The maximum Gasteiger partial charge on any atom is 0.430 e. The van der Waals surface area contributed by atoms with Crippen molar-refractivity contribution in [3.63, 3.8) is 0 Å². The van der Waals surface area contributed by atoms with Crippen LogP contribution in [-0.4, -0.2) is 53.5 Å². The number of aliphatic hydroxyl groups is 1. The fourth-order valence-electron chi connectivity index (χ4n) is 3.55. The lowest BCUT2D eigenvalue weighted by molar-refractivity contribution is -0.515. The van der Waals surface area contributed by atoms with Gasteiger partial charge < -0.3 is 25.1 Å². The average Bonchev–Trinajstić information content (AvgIpc) is 3.21. The van der Waals surface area contributed by atoms with Gasteiger partial charge in [-0.1, -0.05) is 23.7 Å². The van der Waals surface area contributed by atoms with Crippen LogP contribution in [0.15, 0.2) is 42.6 Å². The number of carbonyl (C=O) groups is 2. The van der Waals surface area contributed by atoms with Crippen molar-refractivity contribution < 1.29 is 46.5 Å². The zero-order valence-corrected chi connectivity index (χ0v) is 18.8. The summed E-state index contributed by atoms with van der Waals surface area (Å²) < 4.78 is 53.0. The highest BCUT2D eigenvalue weighted by atomic mass is 35.5. The van der Waals surface area contributed by atoms with Crippen molar-refractivity contribution in [2.45, 2.75) is 24.6 Å². The summed E-state index contributed by atoms with van der Waals surface area (Å²) in [5, 5.41) is 22.1. The molecule has 0 atom stereocenters. The number of halogens is 5. The number of carboxylic acids is 1. The predicted octanol–water partition coefficient (Wildman–Crippen LogP) is 1.78. The Morgan fingerprint density at radius 1 is 1.23 bits per heavy atom. The number of fused-ring (bicyclic) bond motifs is 1. The Balaban J connectivity index is 0.000000429. The molecule has 3 heterocycles. The first-order valence-electron chi connectivity index (χ1n) is 10.2. The quantitative estimate of drug-likeness (QED) is 0.360. The molecular formula is C22H20ClF4N3O5. The maximum atomic E-state index is 14.6. The van der Waals surface area contributed by atoms with Crippen LogP contribution in [0.5, 0.6) is 0 Å². The number of H-pyrrole nitrogens is 1. The third-order valence-corrected chi connectivity index (χ3v) is 5.59. The molecule has 13 heteroatoms. The highest BCUT2D eigenvalue weighted by Crippen LogP contribution is 2.27. The van der Waals surface area contributed by atoms with Crippen molar-refractivity contribution >= 4 is 29.0 Å². The van der Waals surface area contributed by atoms with E-state index in [1.54, 1.807) is 30.5 Å². The standard InChI is InChI=1S/C20H19ClFN3O3.C2HF3O2/c21-14-4-1-3-13(11-14)16-17-15(22)5-2-8-25(17)18(23-16)19(27)24-20(12-26)6-9-28-10-7-20;3-2(4,5)1(6)7/h1-5,8,11,26H,6-7,9-10,12H2,(H,24,27);(H,6,7). The van der Waals surface area contributed by atoms with Gasteiger partial charge in [0.25, 0.3) is 0 Å². The number of rotatable bonds is 4. The molecule has 2 aromatic heterocycles. The molecule has 35 heavy (non-hydrogen) atoms. The van der Waals surface area contributed by atoms with E-state index in [1.807, 2.05) is 0 Å². The molecule has 1 saturated heterocycles. The topological polar surface area (TPSA) is 119 Å². The number of benzene rings is 1. The van der Waals surface area contributed by atoms with Crippen molar-refractivity contribution in [2.24, 2.45) is 0 Å². The van der Waals surface area contributed by atoms with E-state index in [9.17, 15) is 27.5 Å². The van der Waals surface area contributed by atoms with Crippen molar-refractivity contribution in [1.82, 2.24) is 10.3 Å². The molecule has 1 aliphatic heterocycles. The molecule has 0 spiro atoms. The van der Waals surface area contributed by atoms with E-state index in [0.717, 1.165) is 0 Å². The van der Waals surface area contributed by atoms with Crippen molar-refractivity contribution in [3.05, 3.63) is 59.3 Å². The smallest absolute Gasteiger partial charge is 0.430 e. The fraction of sp³-hybridized carbons (Fsp3) is 0.318. The van der Waals surface area contributed by atoms with Gasteiger partial charge in [0.05, 0.1) is 18.3 Å². The molecule has 0 aliphatic carbocycles. The number of aliphatic carboxylic acids is 1. The molecule has 1 aromatic carbocycles. The van der Waals surface area contributed by atoms with Gasteiger partial charge in [0, 0.05) is 23.8 Å². The second kappa shape index (κ2) is 10.6. The van der Waals surface area contributed by atoms with E-state index in [2.05, 4.69) is 10.3 Å². The van der Waals surface area contributed by atoms with E-state index in [0.29, 0.717) is 42.3 Å². The highest BCUT2D eigenvalue weighted by molar-refractivity contribution is 6.30. The molecule has 0 saturated carbocycles. The number of carbonyl (C=O) groups excluding carboxylic acids is 2. The van der Waals surface area contributed by atoms with Gasteiger partial charge in [0.2, 0.25) is 5.52 Å². The number of imidazole rings is 1. The number of nitrogens with zero attached hydrogens (tertiary/aromatic N) is 1. The lowest BCUT2D eigenvalue weighted by atomic mass is 9.91. The first kappa shape index (κ1) is 26.4. The Morgan fingerprint density at radius 2 is 1.89 bits per heavy atom. The minimum absolute atomic E-state index is 0.170. The number of nitrogens with one attached hydrogen (secondary N) is 2. The van der Waals surface area contributed by atoms with Gasteiger partial charge in [-0.05, 0) is 37.1 Å². The summed E-state index contributed by atoms with van der Waals surface area (Å²) in [6.45, 7) is 0.727. The predicted molar refractivity (Wildman–Crippen MR) is 113 cm³/mol. The molecule has 3 aromatic rings. The Hall–Kier alpha value is -3.22. The minimum atomic E-state index is -5.19. The minimum Gasteiger partial charge on any atom is -0.542 e. The molecule has 3 N–H and O–H groups in total. The number of alkyl halides is 3. The Morgan fingerprint density at radius 3 is 2.46 bits per heavy atom. The van der Waals surface area contributed by atoms with Crippen LogP contribution < -0.4 is 14.8 Å².